The standard InChI is InChI=1S/C11H10F2O3S/c1-5-6(2)17(15,16)11-8(10(5)14)3-7(12)4-9(11)13/h3-6H,1-2H3. The van der Waals surface area contributed by atoms with Gasteiger partial charge in [-0.2, -0.15) is 0 Å². The van der Waals surface area contributed by atoms with Gasteiger partial charge in [0.2, 0.25) is 0 Å². The number of carbonyl (C=O) groups is 1. The Kier molecular flexibility index (Phi) is 2.57. The van der Waals surface area contributed by atoms with Crippen molar-refractivity contribution in [3.8, 4) is 0 Å². The molecule has 1 aromatic rings. The number of benzene rings is 1. The average Bonchev–Trinajstić information content (AvgIpc) is 2.22. The number of ketones is 1. The molecule has 17 heavy (non-hydrogen) atoms. The molecule has 0 saturated heterocycles. The van der Waals surface area contributed by atoms with Gasteiger partial charge in [-0.1, -0.05) is 6.92 Å². The van der Waals surface area contributed by atoms with Crippen LogP contribution in [0.3, 0.4) is 0 Å². The first-order chi connectivity index (χ1) is 7.76. The van der Waals surface area contributed by atoms with Crippen LogP contribution in [0.5, 0.6) is 0 Å². The molecule has 2 rings (SSSR count). The minimum absolute atomic E-state index is 0.381. The normalized spacial score (nSPS) is 26.7. The van der Waals surface area contributed by atoms with E-state index in [0.717, 1.165) is 6.07 Å². The Labute approximate surface area is 97.4 Å². The van der Waals surface area contributed by atoms with Crippen LogP contribution in [0, 0.1) is 17.6 Å². The maximum atomic E-state index is 13.5. The quantitative estimate of drug-likeness (QED) is 0.670. The van der Waals surface area contributed by atoms with E-state index in [1.54, 1.807) is 0 Å². The summed E-state index contributed by atoms with van der Waals surface area (Å²) in [5, 5.41) is -0.998. The van der Waals surface area contributed by atoms with E-state index in [9.17, 15) is 22.0 Å². The molecule has 1 aliphatic heterocycles. The van der Waals surface area contributed by atoms with E-state index in [2.05, 4.69) is 0 Å². The number of Topliss-reactive ketones (excluding diaryl/α,β-unsaturated/α-hetero) is 1. The molecule has 1 aliphatic rings. The van der Waals surface area contributed by atoms with Gasteiger partial charge < -0.3 is 0 Å². The summed E-state index contributed by atoms with van der Waals surface area (Å²) in [6.07, 6.45) is 0. The molecule has 0 spiro atoms. The van der Waals surface area contributed by atoms with Crippen LogP contribution in [0.2, 0.25) is 0 Å². The minimum Gasteiger partial charge on any atom is -0.294 e. The average molecular weight is 260 g/mol. The summed E-state index contributed by atoms with van der Waals surface area (Å²) in [4.78, 5) is 11.1. The summed E-state index contributed by atoms with van der Waals surface area (Å²) in [6.45, 7) is 2.79. The van der Waals surface area contributed by atoms with Gasteiger partial charge in [-0.3, -0.25) is 4.79 Å². The number of carbonyl (C=O) groups excluding carboxylic acids is 1. The molecule has 0 saturated carbocycles. The summed E-state index contributed by atoms with van der Waals surface area (Å²) < 4.78 is 50.5. The van der Waals surface area contributed by atoms with E-state index in [1.165, 1.54) is 13.8 Å². The molecule has 6 heteroatoms. The molecular weight excluding hydrogens is 250 g/mol. The van der Waals surface area contributed by atoms with Crippen molar-refractivity contribution in [1.82, 2.24) is 0 Å². The molecule has 1 heterocycles. The lowest BCUT2D eigenvalue weighted by atomic mass is 9.96. The topological polar surface area (TPSA) is 51.2 Å². The van der Waals surface area contributed by atoms with Crippen molar-refractivity contribution in [2.45, 2.75) is 24.0 Å². The van der Waals surface area contributed by atoms with Crippen molar-refractivity contribution in [1.29, 1.82) is 0 Å². The number of fused-ring (bicyclic) bond motifs is 1. The van der Waals surface area contributed by atoms with Crippen LogP contribution in [0.1, 0.15) is 24.2 Å². The maximum Gasteiger partial charge on any atom is 0.185 e. The van der Waals surface area contributed by atoms with E-state index in [-0.39, 0.29) is 5.56 Å². The molecule has 0 aliphatic carbocycles. The fourth-order valence-electron chi connectivity index (χ4n) is 1.95. The molecular formula is C11H10F2O3S. The highest BCUT2D eigenvalue weighted by Gasteiger charge is 2.43. The van der Waals surface area contributed by atoms with Gasteiger partial charge in [0, 0.05) is 17.5 Å². The van der Waals surface area contributed by atoms with Crippen LogP contribution in [-0.4, -0.2) is 19.5 Å². The van der Waals surface area contributed by atoms with Crippen molar-refractivity contribution in [3.63, 3.8) is 0 Å². The molecule has 2 unspecified atom stereocenters. The van der Waals surface area contributed by atoms with Crippen molar-refractivity contribution in [2.75, 3.05) is 0 Å². The molecule has 0 bridgehead atoms. The van der Waals surface area contributed by atoms with Gasteiger partial charge in [-0.05, 0) is 13.0 Å². The Hall–Kier alpha value is -1.30. The summed E-state index contributed by atoms with van der Waals surface area (Å²) in [6, 6.07) is 1.26. The first-order valence-electron chi connectivity index (χ1n) is 5.04. The largest absolute Gasteiger partial charge is 0.294 e. The Morgan fingerprint density at radius 2 is 1.76 bits per heavy atom. The van der Waals surface area contributed by atoms with Crippen molar-refractivity contribution in [2.24, 2.45) is 5.92 Å². The van der Waals surface area contributed by atoms with Crippen LogP contribution in [0.15, 0.2) is 17.0 Å². The molecule has 3 nitrogen and oxygen atoms in total. The monoisotopic (exact) mass is 260 g/mol. The van der Waals surface area contributed by atoms with Gasteiger partial charge >= 0.3 is 0 Å². The van der Waals surface area contributed by atoms with Crippen molar-refractivity contribution < 1.29 is 22.0 Å². The molecule has 0 aromatic heterocycles. The second kappa shape index (κ2) is 3.60. The van der Waals surface area contributed by atoms with E-state index in [4.69, 9.17) is 0 Å². The van der Waals surface area contributed by atoms with Gasteiger partial charge in [-0.15, -0.1) is 0 Å². The lowest BCUT2D eigenvalue weighted by molar-refractivity contribution is 0.0918. The second-order valence-corrected chi connectivity index (χ2v) is 6.41. The van der Waals surface area contributed by atoms with E-state index >= 15 is 0 Å². The van der Waals surface area contributed by atoms with Crippen LogP contribution in [0.25, 0.3) is 0 Å². The molecule has 92 valence electrons. The van der Waals surface area contributed by atoms with Gasteiger partial charge in [-0.25, -0.2) is 17.2 Å². The highest BCUT2D eigenvalue weighted by molar-refractivity contribution is 7.92. The minimum atomic E-state index is -3.91. The van der Waals surface area contributed by atoms with E-state index in [0.29, 0.717) is 6.07 Å². The summed E-state index contributed by atoms with van der Waals surface area (Å²) >= 11 is 0. The molecule has 0 N–H and O–H groups in total. The zero-order chi connectivity index (χ0) is 13.0. The van der Waals surface area contributed by atoms with Crippen LogP contribution in [0.4, 0.5) is 8.78 Å². The highest BCUT2D eigenvalue weighted by Crippen LogP contribution is 2.35. The number of sulfone groups is 1. The van der Waals surface area contributed by atoms with Crippen LogP contribution >= 0.6 is 0 Å². The SMILES string of the molecule is CC1C(=O)c2cc(F)cc(F)c2S(=O)(=O)C1C. The summed E-state index contributed by atoms with van der Waals surface area (Å²) in [5.41, 5.74) is -0.381. The van der Waals surface area contributed by atoms with Gasteiger partial charge in [0.1, 0.15) is 16.5 Å². The zero-order valence-electron chi connectivity index (χ0n) is 9.20. The number of hydrogen-bond donors (Lipinski definition) is 0. The number of hydrogen-bond acceptors (Lipinski definition) is 3. The van der Waals surface area contributed by atoms with E-state index < -0.39 is 43.3 Å². The Morgan fingerprint density at radius 1 is 1.18 bits per heavy atom. The van der Waals surface area contributed by atoms with Crippen molar-refractivity contribution >= 4 is 15.6 Å². The second-order valence-electron chi connectivity index (χ2n) is 4.17. The Balaban J connectivity index is 2.88. The maximum absolute atomic E-state index is 13.5. The predicted octanol–water partition coefficient (Wildman–Crippen LogP) is 1.96. The summed E-state index contributed by atoms with van der Waals surface area (Å²) in [7, 11) is -3.91. The third-order valence-electron chi connectivity index (χ3n) is 3.17. The zero-order valence-corrected chi connectivity index (χ0v) is 10.0. The summed E-state index contributed by atoms with van der Waals surface area (Å²) in [5.74, 6) is -3.49. The lowest BCUT2D eigenvalue weighted by Gasteiger charge is -2.26. The van der Waals surface area contributed by atoms with Gasteiger partial charge in [0.25, 0.3) is 0 Å². The first kappa shape index (κ1) is 12.2. The third kappa shape index (κ3) is 1.58. The Morgan fingerprint density at radius 3 is 2.35 bits per heavy atom. The lowest BCUT2D eigenvalue weighted by Crippen LogP contribution is -2.37. The smallest absolute Gasteiger partial charge is 0.185 e. The molecule has 2 atom stereocenters. The number of rotatable bonds is 0. The Bertz CT molecular complexity index is 607. The molecule has 0 radical (unpaired) electrons. The number of halogens is 2. The highest BCUT2D eigenvalue weighted by atomic mass is 32.2. The fourth-order valence-corrected chi connectivity index (χ4v) is 3.78. The van der Waals surface area contributed by atoms with Crippen LogP contribution in [-0.2, 0) is 9.84 Å². The molecule has 0 fully saturated rings. The molecule has 0 amide bonds. The van der Waals surface area contributed by atoms with Gasteiger partial charge in [0.05, 0.1) is 5.25 Å². The third-order valence-corrected chi connectivity index (χ3v) is 5.54. The molecule has 1 aromatic carbocycles. The van der Waals surface area contributed by atoms with E-state index in [1.807, 2.05) is 0 Å². The first-order valence-corrected chi connectivity index (χ1v) is 6.58. The fraction of sp³-hybridized carbons (Fsp3) is 0.364. The van der Waals surface area contributed by atoms with Gasteiger partial charge in [0.15, 0.2) is 15.6 Å². The van der Waals surface area contributed by atoms with Crippen LogP contribution < -0.4 is 0 Å². The van der Waals surface area contributed by atoms with Crippen molar-refractivity contribution in [3.05, 3.63) is 29.3 Å². The predicted molar refractivity (Wildman–Crippen MR) is 56.5 cm³/mol.